The van der Waals surface area contributed by atoms with E-state index in [1.807, 2.05) is 31.2 Å². The van der Waals surface area contributed by atoms with E-state index >= 15 is 0 Å². The molecule has 0 spiro atoms. The van der Waals surface area contributed by atoms with Crippen molar-refractivity contribution in [1.82, 2.24) is 4.90 Å². The molecule has 1 unspecified atom stereocenters. The molecule has 0 saturated heterocycles. The van der Waals surface area contributed by atoms with Gasteiger partial charge < -0.3 is 0 Å². The lowest BCUT2D eigenvalue weighted by atomic mass is 9.74. The molecule has 4 aromatic rings. The Morgan fingerprint density at radius 2 is 0.920 bits per heavy atom. The molecule has 0 saturated carbocycles. The summed E-state index contributed by atoms with van der Waals surface area (Å²) in [7, 11) is 1.26. The SMILES string of the molecule is CCCC.CCCC.Cc1ccc(-c2ccc(N3C(=O)c4ccc(C(C)(c5ccc6c(c5)C(=O)N(C)C6=O)C(F)(F)F)cc4C3=O)cc2)cc1. The van der Waals surface area contributed by atoms with Gasteiger partial charge in [-0.1, -0.05) is 107 Å². The molecule has 2 aliphatic heterocycles. The normalized spacial score (nSPS) is 14.8. The molecular formula is C41H43F3N2O4. The first-order valence-corrected chi connectivity index (χ1v) is 16.9. The Kier molecular flexibility index (Phi) is 11.5. The monoisotopic (exact) mass is 684 g/mol. The molecule has 4 aromatic carbocycles. The smallest absolute Gasteiger partial charge is 0.277 e. The number of rotatable bonds is 6. The van der Waals surface area contributed by atoms with E-state index in [-0.39, 0.29) is 33.4 Å². The fourth-order valence-electron chi connectivity index (χ4n) is 5.50. The van der Waals surface area contributed by atoms with E-state index in [9.17, 15) is 32.3 Å². The van der Waals surface area contributed by atoms with E-state index in [0.29, 0.717) is 5.69 Å². The molecule has 4 amide bonds. The van der Waals surface area contributed by atoms with Crippen molar-refractivity contribution in [2.24, 2.45) is 0 Å². The Morgan fingerprint density at radius 1 is 0.540 bits per heavy atom. The lowest BCUT2D eigenvalue weighted by Gasteiger charge is -2.33. The summed E-state index contributed by atoms with van der Waals surface area (Å²) in [6.07, 6.45) is 0.421. The number of carbonyl (C=O) groups excluding carboxylic acids is 4. The summed E-state index contributed by atoms with van der Waals surface area (Å²) in [5.74, 6) is -2.66. The Hall–Kier alpha value is -5.05. The van der Waals surface area contributed by atoms with E-state index in [1.54, 1.807) is 24.3 Å². The van der Waals surface area contributed by atoms with Crippen molar-refractivity contribution in [3.8, 4) is 11.1 Å². The van der Waals surface area contributed by atoms with Gasteiger partial charge in [-0.25, -0.2) is 4.90 Å². The minimum absolute atomic E-state index is 0.00719. The molecule has 0 aromatic heterocycles. The van der Waals surface area contributed by atoms with Gasteiger partial charge in [0.15, 0.2) is 0 Å². The van der Waals surface area contributed by atoms with Gasteiger partial charge in [0.05, 0.1) is 27.9 Å². The number of carbonyl (C=O) groups is 4. The molecule has 50 heavy (non-hydrogen) atoms. The predicted molar refractivity (Wildman–Crippen MR) is 191 cm³/mol. The van der Waals surface area contributed by atoms with E-state index < -0.39 is 35.2 Å². The Morgan fingerprint density at radius 3 is 1.36 bits per heavy atom. The highest BCUT2D eigenvalue weighted by molar-refractivity contribution is 6.34. The van der Waals surface area contributed by atoms with Crippen LogP contribution in [0, 0.1) is 6.92 Å². The number of unbranched alkanes of at least 4 members (excludes halogenated alkanes) is 2. The van der Waals surface area contributed by atoms with Crippen LogP contribution in [0.5, 0.6) is 0 Å². The van der Waals surface area contributed by atoms with Gasteiger partial charge >= 0.3 is 6.18 Å². The van der Waals surface area contributed by atoms with Gasteiger partial charge in [0, 0.05) is 7.05 Å². The highest BCUT2D eigenvalue weighted by Crippen LogP contribution is 2.48. The first-order valence-electron chi connectivity index (χ1n) is 16.9. The average molecular weight is 685 g/mol. The average Bonchev–Trinajstić information content (AvgIpc) is 3.50. The molecule has 0 aliphatic carbocycles. The number of hydrogen-bond donors (Lipinski definition) is 0. The van der Waals surface area contributed by atoms with Gasteiger partial charge in [0.2, 0.25) is 0 Å². The van der Waals surface area contributed by atoms with E-state index in [1.165, 1.54) is 57.0 Å². The zero-order chi connectivity index (χ0) is 37.0. The van der Waals surface area contributed by atoms with Crippen LogP contribution in [-0.4, -0.2) is 41.8 Å². The van der Waals surface area contributed by atoms with Crippen LogP contribution >= 0.6 is 0 Å². The van der Waals surface area contributed by atoms with Crippen molar-refractivity contribution in [1.29, 1.82) is 0 Å². The number of amides is 4. The number of anilines is 1. The quantitative estimate of drug-likeness (QED) is 0.190. The molecule has 2 aliphatic rings. The highest BCUT2D eigenvalue weighted by atomic mass is 19.4. The summed E-state index contributed by atoms with van der Waals surface area (Å²) in [5, 5.41) is 0. The maximum Gasteiger partial charge on any atom is 0.402 e. The van der Waals surface area contributed by atoms with E-state index in [2.05, 4.69) is 27.7 Å². The van der Waals surface area contributed by atoms with Crippen molar-refractivity contribution in [3.05, 3.63) is 124 Å². The summed E-state index contributed by atoms with van der Waals surface area (Å²) in [5.41, 5.74) is -0.240. The number of imide groups is 2. The number of hydrogen-bond acceptors (Lipinski definition) is 4. The molecule has 0 fully saturated rings. The Bertz CT molecular complexity index is 1890. The second-order valence-electron chi connectivity index (χ2n) is 12.7. The number of benzene rings is 4. The fraction of sp³-hybridized carbons (Fsp3) is 0.317. The van der Waals surface area contributed by atoms with Crippen LogP contribution in [0.2, 0.25) is 0 Å². The van der Waals surface area contributed by atoms with Gasteiger partial charge in [0.1, 0.15) is 5.41 Å². The zero-order valence-electron chi connectivity index (χ0n) is 29.6. The minimum Gasteiger partial charge on any atom is -0.277 e. The number of nitrogens with zero attached hydrogens (tertiary/aromatic N) is 2. The molecule has 0 N–H and O–H groups in total. The fourth-order valence-corrected chi connectivity index (χ4v) is 5.50. The Balaban J connectivity index is 0.000000637. The van der Waals surface area contributed by atoms with Gasteiger partial charge in [0.25, 0.3) is 23.6 Å². The number of alkyl halides is 3. The van der Waals surface area contributed by atoms with E-state index in [0.717, 1.165) is 45.5 Å². The van der Waals surface area contributed by atoms with Crippen LogP contribution in [0.1, 0.15) is 118 Å². The Labute approximate surface area is 291 Å². The summed E-state index contributed by atoms with van der Waals surface area (Å²) in [6.45, 7) is 11.6. The number of aryl methyl sites for hydroxylation is 1. The van der Waals surface area contributed by atoms with Crippen LogP contribution in [0.15, 0.2) is 84.9 Å². The first kappa shape index (κ1) is 37.8. The molecule has 6 nitrogen and oxygen atoms in total. The predicted octanol–water partition coefficient (Wildman–Crippen LogP) is 10.2. The van der Waals surface area contributed by atoms with Crippen molar-refractivity contribution in [3.63, 3.8) is 0 Å². The van der Waals surface area contributed by atoms with Gasteiger partial charge in [-0.2, -0.15) is 13.2 Å². The maximum atomic E-state index is 14.8. The van der Waals surface area contributed by atoms with Crippen LogP contribution in [-0.2, 0) is 5.41 Å². The third-order valence-corrected chi connectivity index (χ3v) is 9.21. The maximum absolute atomic E-state index is 14.8. The van der Waals surface area contributed by atoms with Crippen LogP contribution < -0.4 is 4.90 Å². The molecule has 6 rings (SSSR count). The lowest BCUT2D eigenvalue weighted by Crippen LogP contribution is -2.41. The minimum atomic E-state index is -4.86. The molecule has 2 heterocycles. The third-order valence-electron chi connectivity index (χ3n) is 9.21. The van der Waals surface area contributed by atoms with Crippen molar-refractivity contribution in [2.45, 2.75) is 78.8 Å². The highest BCUT2D eigenvalue weighted by Gasteiger charge is 2.55. The third kappa shape index (κ3) is 6.99. The summed E-state index contributed by atoms with van der Waals surface area (Å²) in [4.78, 5) is 53.3. The molecule has 1 atom stereocenters. The van der Waals surface area contributed by atoms with Gasteiger partial charge in [-0.15, -0.1) is 0 Å². The second kappa shape index (κ2) is 15.2. The first-order chi connectivity index (χ1) is 23.7. The topological polar surface area (TPSA) is 74.8 Å². The molecule has 9 heteroatoms. The molecular weight excluding hydrogens is 641 g/mol. The standard InChI is InChI=1S/C33H23F3N2O4.2C4H10/c1-18-4-6-19(7-5-18)20-8-12-23(13-9-20)38-30(41)25-15-11-22(17-27(25)31(38)42)32(2,33(34,35)36)21-10-14-24-26(16-21)29(40)37(3)28(24)39;2*1-3-4-2/h4-17H,1-3H3;2*3-4H2,1-2H3. The number of halogens is 3. The van der Waals surface area contributed by atoms with Crippen molar-refractivity contribution >= 4 is 29.3 Å². The van der Waals surface area contributed by atoms with E-state index in [4.69, 9.17) is 0 Å². The summed E-state index contributed by atoms with van der Waals surface area (Å²) in [6, 6.07) is 21.6. The molecule has 262 valence electrons. The van der Waals surface area contributed by atoms with Crippen LogP contribution in [0.3, 0.4) is 0 Å². The number of fused-ring (bicyclic) bond motifs is 2. The van der Waals surface area contributed by atoms with Crippen molar-refractivity contribution < 1.29 is 32.3 Å². The summed E-state index contributed by atoms with van der Waals surface area (Å²) < 4.78 is 44.5. The van der Waals surface area contributed by atoms with Crippen molar-refractivity contribution in [2.75, 3.05) is 11.9 Å². The zero-order valence-corrected chi connectivity index (χ0v) is 29.6. The molecule has 0 bridgehead atoms. The lowest BCUT2D eigenvalue weighted by molar-refractivity contribution is -0.173. The van der Waals surface area contributed by atoms with Crippen LogP contribution in [0.4, 0.5) is 18.9 Å². The van der Waals surface area contributed by atoms with Gasteiger partial charge in [-0.05, 0) is 72.5 Å². The largest absolute Gasteiger partial charge is 0.402 e. The summed E-state index contributed by atoms with van der Waals surface area (Å²) >= 11 is 0. The van der Waals surface area contributed by atoms with Crippen LogP contribution in [0.25, 0.3) is 11.1 Å². The second-order valence-corrected chi connectivity index (χ2v) is 12.7. The van der Waals surface area contributed by atoms with Gasteiger partial charge in [-0.3, -0.25) is 24.1 Å². The molecule has 0 radical (unpaired) electrons.